The number of hydrogen-bond acceptors (Lipinski definition) is 3. The maximum Gasteiger partial charge on any atom is 0.145 e. The molecule has 4 nitrogen and oxygen atoms in total. The van der Waals surface area contributed by atoms with Crippen molar-refractivity contribution in [1.29, 1.82) is 0 Å². The molecule has 74 valence electrons. The SMILES string of the molecule is Cc1cc(N)nn1CCCCCO. The normalized spacial score (nSPS) is 10.6. The van der Waals surface area contributed by atoms with E-state index in [2.05, 4.69) is 5.10 Å². The van der Waals surface area contributed by atoms with Crippen LogP contribution in [0.5, 0.6) is 0 Å². The molecular formula is C9H17N3O. The Hall–Kier alpha value is -1.03. The second-order valence-corrected chi connectivity index (χ2v) is 3.22. The summed E-state index contributed by atoms with van der Waals surface area (Å²) in [7, 11) is 0. The van der Waals surface area contributed by atoms with E-state index < -0.39 is 0 Å². The average Bonchev–Trinajstić information content (AvgIpc) is 2.39. The van der Waals surface area contributed by atoms with Gasteiger partial charge in [-0.05, 0) is 26.2 Å². The molecule has 0 saturated heterocycles. The van der Waals surface area contributed by atoms with Crippen molar-refractivity contribution in [1.82, 2.24) is 9.78 Å². The number of aliphatic hydroxyl groups is 1. The summed E-state index contributed by atoms with van der Waals surface area (Å²) in [5.41, 5.74) is 6.64. The molecule has 0 amide bonds. The van der Waals surface area contributed by atoms with Gasteiger partial charge in [0.05, 0.1) is 0 Å². The van der Waals surface area contributed by atoms with Crippen LogP contribution < -0.4 is 5.73 Å². The van der Waals surface area contributed by atoms with Crippen molar-refractivity contribution in [2.45, 2.75) is 32.7 Å². The van der Waals surface area contributed by atoms with E-state index in [9.17, 15) is 0 Å². The van der Waals surface area contributed by atoms with E-state index in [1.807, 2.05) is 17.7 Å². The maximum absolute atomic E-state index is 8.58. The first kappa shape index (κ1) is 10.1. The highest BCUT2D eigenvalue weighted by Crippen LogP contribution is 2.06. The Labute approximate surface area is 78.4 Å². The molecule has 3 N–H and O–H groups in total. The fourth-order valence-electron chi connectivity index (χ4n) is 1.31. The van der Waals surface area contributed by atoms with Crippen molar-refractivity contribution >= 4 is 5.82 Å². The fourth-order valence-corrected chi connectivity index (χ4v) is 1.31. The third-order valence-electron chi connectivity index (χ3n) is 2.03. The van der Waals surface area contributed by atoms with E-state index in [1.165, 1.54) is 0 Å². The third-order valence-corrected chi connectivity index (χ3v) is 2.03. The van der Waals surface area contributed by atoms with Crippen LogP contribution in [-0.4, -0.2) is 21.5 Å². The Morgan fingerprint density at radius 3 is 2.77 bits per heavy atom. The quantitative estimate of drug-likeness (QED) is 0.668. The summed E-state index contributed by atoms with van der Waals surface area (Å²) in [5.74, 6) is 0.583. The van der Waals surface area contributed by atoms with Crippen LogP contribution >= 0.6 is 0 Å². The van der Waals surface area contributed by atoms with Crippen molar-refractivity contribution in [2.75, 3.05) is 12.3 Å². The Morgan fingerprint density at radius 1 is 1.46 bits per heavy atom. The van der Waals surface area contributed by atoms with Gasteiger partial charge in [-0.2, -0.15) is 5.10 Å². The molecule has 0 fully saturated rings. The lowest BCUT2D eigenvalue weighted by atomic mass is 10.2. The zero-order chi connectivity index (χ0) is 9.68. The molecule has 0 aliphatic heterocycles. The molecule has 13 heavy (non-hydrogen) atoms. The maximum atomic E-state index is 8.58. The van der Waals surface area contributed by atoms with Crippen molar-refractivity contribution in [3.05, 3.63) is 11.8 Å². The van der Waals surface area contributed by atoms with Gasteiger partial charge in [-0.15, -0.1) is 0 Å². The molecule has 0 radical (unpaired) electrons. The van der Waals surface area contributed by atoms with Crippen LogP contribution in [0.1, 0.15) is 25.0 Å². The summed E-state index contributed by atoms with van der Waals surface area (Å²) in [5, 5.41) is 12.7. The number of aryl methyl sites for hydroxylation is 2. The summed E-state index contributed by atoms with van der Waals surface area (Å²) in [4.78, 5) is 0. The summed E-state index contributed by atoms with van der Waals surface area (Å²) in [6.45, 7) is 3.17. The van der Waals surface area contributed by atoms with Gasteiger partial charge in [0.25, 0.3) is 0 Å². The number of hydrogen-bond donors (Lipinski definition) is 2. The van der Waals surface area contributed by atoms with Crippen LogP contribution in [-0.2, 0) is 6.54 Å². The van der Waals surface area contributed by atoms with E-state index in [-0.39, 0.29) is 6.61 Å². The van der Waals surface area contributed by atoms with Crippen LogP contribution in [0.25, 0.3) is 0 Å². The molecule has 1 rings (SSSR count). The zero-order valence-corrected chi connectivity index (χ0v) is 8.03. The molecule has 1 aromatic heterocycles. The predicted molar refractivity (Wildman–Crippen MR) is 52.3 cm³/mol. The number of nitrogen functional groups attached to an aromatic ring is 1. The summed E-state index contributed by atoms with van der Waals surface area (Å²) < 4.78 is 1.91. The number of rotatable bonds is 5. The lowest BCUT2D eigenvalue weighted by Crippen LogP contribution is -2.03. The molecule has 0 aliphatic carbocycles. The highest BCUT2D eigenvalue weighted by Gasteiger charge is 1.99. The molecule has 4 heteroatoms. The van der Waals surface area contributed by atoms with E-state index >= 15 is 0 Å². The Kier molecular flexibility index (Phi) is 3.76. The molecule has 1 aromatic rings. The minimum absolute atomic E-state index is 0.278. The molecule has 0 saturated carbocycles. The average molecular weight is 183 g/mol. The van der Waals surface area contributed by atoms with Crippen molar-refractivity contribution in [2.24, 2.45) is 0 Å². The minimum atomic E-state index is 0.278. The summed E-state index contributed by atoms with van der Waals surface area (Å²) in [6.07, 6.45) is 2.95. The van der Waals surface area contributed by atoms with Crippen LogP contribution in [0.15, 0.2) is 6.07 Å². The van der Waals surface area contributed by atoms with Crippen molar-refractivity contribution in [3.63, 3.8) is 0 Å². The topological polar surface area (TPSA) is 64.1 Å². The monoisotopic (exact) mass is 183 g/mol. The van der Waals surface area contributed by atoms with E-state index in [1.54, 1.807) is 0 Å². The Morgan fingerprint density at radius 2 is 2.23 bits per heavy atom. The number of nitrogens with two attached hydrogens (primary N) is 1. The molecule has 0 atom stereocenters. The zero-order valence-electron chi connectivity index (χ0n) is 8.03. The first-order valence-corrected chi connectivity index (χ1v) is 4.65. The summed E-state index contributed by atoms with van der Waals surface area (Å²) >= 11 is 0. The number of nitrogens with zero attached hydrogens (tertiary/aromatic N) is 2. The van der Waals surface area contributed by atoms with Crippen LogP contribution in [0.2, 0.25) is 0 Å². The molecule has 0 bridgehead atoms. The number of aromatic nitrogens is 2. The fraction of sp³-hybridized carbons (Fsp3) is 0.667. The lowest BCUT2D eigenvalue weighted by Gasteiger charge is -2.02. The van der Waals surface area contributed by atoms with Gasteiger partial charge in [-0.25, -0.2) is 0 Å². The van der Waals surface area contributed by atoms with Gasteiger partial charge in [0, 0.05) is 24.9 Å². The smallest absolute Gasteiger partial charge is 0.145 e. The minimum Gasteiger partial charge on any atom is -0.396 e. The lowest BCUT2D eigenvalue weighted by molar-refractivity contribution is 0.281. The Bertz CT molecular complexity index is 257. The molecule has 0 unspecified atom stereocenters. The van der Waals surface area contributed by atoms with Crippen LogP contribution in [0.3, 0.4) is 0 Å². The summed E-state index contributed by atoms with van der Waals surface area (Å²) in [6, 6.07) is 1.87. The highest BCUT2D eigenvalue weighted by molar-refractivity contribution is 5.28. The van der Waals surface area contributed by atoms with E-state index in [0.717, 1.165) is 31.5 Å². The van der Waals surface area contributed by atoms with Gasteiger partial charge in [-0.1, -0.05) is 0 Å². The van der Waals surface area contributed by atoms with Crippen molar-refractivity contribution < 1.29 is 5.11 Å². The molecule has 0 aliphatic rings. The first-order valence-electron chi connectivity index (χ1n) is 4.65. The first-order chi connectivity index (χ1) is 6.24. The van der Waals surface area contributed by atoms with Gasteiger partial charge in [0.15, 0.2) is 0 Å². The van der Waals surface area contributed by atoms with Crippen molar-refractivity contribution in [3.8, 4) is 0 Å². The highest BCUT2D eigenvalue weighted by atomic mass is 16.2. The second kappa shape index (κ2) is 4.87. The molecule has 0 aromatic carbocycles. The van der Waals surface area contributed by atoms with E-state index in [4.69, 9.17) is 10.8 Å². The van der Waals surface area contributed by atoms with Gasteiger partial charge in [0.2, 0.25) is 0 Å². The molecule has 1 heterocycles. The van der Waals surface area contributed by atoms with Crippen LogP contribution in [0.4, 0.5) is 5.82 Å². The largest absolute Gasteiger partial charge is 0.396 e. The third kappa shape index (κ3) is 3.06. The number of aliphatic hydroxyl groups excluding tert-OH is 1. The standard InChI is InChI=1S/C9H17N3O/c1-8-7-9(10)11-12(8)5-3-2-4-6-13/h7,13H,2-6H2,1H3,(H2,10,11). The molecular weight excluding hydrogens is 166 g/mol. The van der Waals surface area contributed by atoms with Crippen LogP contribution in [0, 0.1) is 6.92 Å². The second-order valence-electron chi connectivity index (χ2n) is 3.22. The van der Waals surface area contributed by atoms with Gasteiger partial charge in [0.1, 0.15) is 5.82 Å². The number of unbranched alkanes of at least 4 members (excludes halogenated alkanes) is 2. The van der Waals surface area contributed by atoms with E-state index in [0.29, 0.717) is 5.82 Å². The molecule has 0 spiro atoms. The predicted octanol–water partition coefficient (Wildman–Crippen LogP) is 0.936. The number of anilines is 1. The van der Waals surface area contributed by atoms with Gasteiger partial charge in [-0.3, -0.25) is 4.68 Å². The Balaban J connectivity index is 2.32. The van der Waals surface area contributed by atoms with Gasteiger partial charge >= 0.3 is 0 Å². The van der Waals surface area contributed by atoms with Gasteiger partial charge < -0.3 is 10.8 Å².